The van der Waals surface area contributed by atoms with Gasteiger partial charge < -0.3 is 4.90 Å². The van der Waals surface area contributed by atoms with E-state index in [1.165, 1.54) is 36.7 Å². The summed E-state index contributed by atoms with van der Waals surface area (Å²) in [5.41, 5.74) is 1.91. The number of nitrogens with one attached hydrogen (secondary N) is 1. The molecular formula is C27H34ClFN6O2S. The van der Waals surface area contributed by atoms with Crippen LogP contribution in [0.3, 0.4) is 0 Å². The van der Waals surface area contributed by atoms with Crippen molar-refractivity contribution < 1.29 is 12.8 Å². The molecule has 4 rings (SSSR count). The predicted molar refractivity (Wildman–Crippen MR) is 151 cm³/mol. The first-order valence-corrected chi connectivity index (χ1v) is 14.3. The highest BCUT2D eigenvalue weighted by Crippen LogP contribution is 2.29. The average molecular weight is 561 g/mol. The molecule has 0 unspecified atom stereocenters. The van der Waals surface area contributed by atoms with Crippen LogP contribution in [0.25, 0.3) is 11.3 Å². The molecule has 0 bridgehead atoms. The average Bonchev–Trinajstić information content (AvgIpc) is 2.83. The van der Waals surface area contributed by atoms with E-state index in [0.717, 1.165) is 31.7 Å². The molecule has 0 saturated carbocycles. The number of pyridine rings is 2. The standard InChI is InChI=1S/C27H34ClFN6O2S/c1-27(2,3)35-12-10-34(11-13-35)18-19-6-7-22(23(29)14-19)24-16-21(8-9-30-24)32-38(36,37)25-15-20(28)17-31-26(25)33(4)5/h6-9,14-17H,10-13,18H2,1-5H3,(H,30,32). The van der Waals surface area contributed by atoms with Gasteiger partial charge in [0.25, 0.3) is 10.0 Å². The molecule has 1 N–H and O–H groups in total. The molecule has 0 spiro atoms. The number of anilines is 2. The lowest BCUT2D eigenvalue weighted by Crippen LogP contribution is -2.53. The molecule has 1 aromatic carbocycles. The fourth-order valence-corrected chi connectivity index (χ4v) is 6.03. The number of halogens is 2. The van der Waals surface area contributed by atoms with Crippen molar-refractivity contribution >= 4 is 33.1 Å². The third kappa shape index (κ3) is 6.61. The smallest absolute Gasteiger partial charge is 0.265 e. The van der Waals surface area contributed by atoms with Gasteiger partial charge in [-0.05, 0) is 56.7 Å². The van der Waals surface area contributed by atoms with Crippen LogP contribution >= 0.6 is 11.6 Å². The second-order valence-electron chi connectivity index (χ2n) is 10.7. The molecule has 1 fully saturated rings. The van der Waals surface area contributed by atoms with Crippen molar-refractivity contribution in [3.8, 4) is 11.3 Å². The van der Waals surface area contributed by atoms with Gasteiger partial charge in [-0.1, -0.05) is 17.7 Å². The molecule has 0 aliphatic carbocycles. The summed E-state index contributed by atoms with van der Waals surface area (Å²) in [6.07, 6.45) is 2.83. The topological polar surface area (TPSA) is 81.7 Å². The fraction of sp³-hybridized carbons (Fsp3) is 0.407. The van der Waals surface area contributed by atoms with Crippen molar-refractivity contribution in [3.05, 3.63) is 65.2 Å². The molecule has 0 atom stereocenters. The maximum atomic E-state index is 15.2. The molecular weight excluding hydrogens is 527 g/mol. The van der Waals surface area contributed by atoms with E-state index in [9.17, 15) is 8.42 Å². The monoisotopic (exact) mass is 560 g/mol. The van der Waals surface area contributed by atoms with Gasteiger partial charge in [-0.2, -0.15) is 0 Å². The Morgan fingerprint density at radius 3 is 2.39 bits per heavy atom. The van der Waals surface area contributed by atoms with E-state index < -0.39 is 15.8 Å². The molecule has 38 heavy (non-hydrogen) atoms. The number of piperazine rings is 1. The Morgan fingerprint density at radius 2 is 1.76 bits per heavy atom. The molecule has 8 nitrogen and oxygen atoms in total. The van der Waals surface area contributed by atoms with Crippen LogP contribution in [-0.4, -0.2) is 74.0 Å². The van der Waals surface area contributed by atoms with Crippen molar-refractivity contribution in [2.75, 3.05) is 49.9 Å². The van der Waals surface area contributed by atoms with Gasteiger partial charge in [0.05, 0.1) is 16.4 Å². The van der Waals surface area contributed by atoms with Crippen molar-refractivity contribution in [2.45, 2.75) is 37.8 Å². The Morgan fingerprint density at radius 1 is 1.05 bits per heavy atom. The molecule has 204 valence electrons. The molecule has 3 aromatic rings. The molecule has 2 aromatic heterocycles. The summed E-state index contributed by atoms with van der Waals surface area (Å²) in [6, 6.07) is 9.49. The van der Waals surface area contributed by atoms with Crippen molar-refractivity contribution in [1.29, 1.82) is 0 Å². The van der Waals surface area contributed by atoms with E-state index in [-0.39, 0.29) is 27.0 Å². The van der Waals surface area contributed by atoms with Gasteiger partial charge in [-0.25, -0.2) is 17.8 Å². The van der Waals surface area contributed by atoms with Crippen LogP contribution in [0.4, 0.5) is 15.9 Å². The summed E-state index contributed by atoms with van der Waals surface area (Å²) in [5, 5.41) is 0.199. The van der Waals surface area contributed by atoms with Gasteiger partial charge in [0.1, 0.15) is 16.5 Å². The molecule has 3 heterocycles. The molecule has 1 aliphatic heterocycles. The van der Waals surface area contributed by atoms with E-state index in [1.54, 1.807) is 25.1 Å². The number of benzene rings is 1. The van der Waals surface area contributed by atoms with Gasteiger partial charge in [-0.3, -0.25) is 19.5 Å². The highest BCUT2D eigenvalue weighted by Gasteiger charge is 2.26. The van der Waals surface area contributed by atoms with Crippen LogP contribution < -0.4 is 9.62 Å². The van der Waals surface area contributed by atoms with E-state index in [4.69, 9.17) is 11.6 Å². The summed E-state index contributed by atoms with van der Waals surface area (Å²) >= 11 is 6.02. The minimum atomic E-state index is -4.03. The SMILES string of the molecule is CN(C)c1ncc(Cl)cc1S(=O)(=O)Nc1ccnc(-c2ccc(CN3CCN(C(C)(C)C)CC3)cc2F)c1. The third-order valence-electron chi connectivity index (χ3n) is 6.56. The zero-order valence-corrected chi connectivity index (χ0v) is 23.9. The second-order valence-corrected chi connectivity index (χ2v) is 12.7. The first-order valence-electron chi connectivity index (χ1n) is 12.4. The summed E-state index contributed by atoms with van der Waals surface area (Å²) in [4.78, 5) is 14.7. The highest BCUT2D eigenvalue weighted by atomic mass is 35.5. The van der Waals surface area contributed by atoms with Crippen LogP contribution in [0, 0.1) is 5.82 Å². The van der Waals surface area contributed by atoms with Crippen LogP contribution in [0.2, 0.25) is 5.02 Å². The van der Waals surface area contributed by atoms with Crippen molar-refractivity contribution in [1.82, 2.24) is 19.8 Å². The number of nitrogens with zero attached hydrogens (tertiary/aromatic N) is 5. The third-order valence-corrected chi connectivity index (χ3v) is 8.15. The van der Waals surface area contributed by atoms with Crippen molar-refractivity contribution in [2.24, 2.45) is 0 Å². The van der Waals surface area contributed by atoms with E-state index in [1.807, 2.05) is 6.07 Å². The van der Waals surface area contributed by atoms with Gasteiger partial charge >= 0.3 is 0 Å². The molecule has 1 aliphatic rings. The Hall–Kier alpha value is -2.79. The fourth-order valence-electron chi connectivity index (χ4n) is 4.50. The highest BCUT2D eigenvalue weighted by molar-refractivity contribution is 7.92. The van der Waals surface area contributed by atoms with E-state index in [0.29, 0.717) is 17.8 Å². The molecule has 1 saturated heterocycles. The molecule has 0 radical (unpaired) electrons. The zero-order chi connectivity index (χ0) is 27.7. The lowest BCUT2D eigenvalue weighted by Gasteiger charge is -2.42. The summed E-state index contributed by atoms with van der Waals surface area (Å²) in [7, 11) is -0.641. The number of hydrogen-bond acceptors (Lipinski definition) is 7. The zero-order valence-electron chi connectivity index (χ0n) is 22.4. The Bertz CT molecular complexity index is 1400. The molecule has 0 amide bonds. The van der Waals surface area contributed by atoms with E-state index in [2.05, 4.69) is 45.3 Å². The predicted octanol–water partition coefficient (Wildman–Crippen LogP) is 4.72. The number of aromatic nitrogens is 2. The van der Waals surface area contributed by atoms with Gasteiger partial charge in [0.15, 0.2) is 0 Å². The lowest BCUT2D eigenvalue weighted by atomic mass is 10.0. The number of sulfonamides is 1. The van der Waals surface area contributed by atoms with Gasteiger partial charge in [0, 0.05) is 70.3 Å². The minimum Gasteiger partial charge on any atom is -0.362 e. The summed E-state index contributed by atoms with van der Waals surface area (Å²) in [5.74, 6) is -0.157. The lowest BCUT2D eigenvalue weighted by molar-refractivity contribution is 0.0591. The van der Waals surface area contributed by atoms with Crippen molar-refractivity contribution in [3.63, 3.8) is 0 Å². The maximum Gasteiger partial charge on any atom is 0.265 e. The molecule has 11 heteroatoms. The number of hydrogen-bond donors (Lipinski definition) is 1. The Kier molecular flexibility index (Phi) is 8.27. The summed E-state index contributed by atoms with van der Waals surface area (Å²) < 4.78 is 44.1. The van der Waals surface area contributed by atoms with Crippen LogP contribution in [0.5, 0.6) is 0 Å². The first kappa shape index (κ1) is 28.2. The van der Waals surface area contributed by atoms with E-state index >= 15 is 4.39 Å². The largest absolute Gasteiger partial charge is 0.362 e. The van der Waals surface area contributed by atoms with Crippen LogP contribution in [-0.2, 0) is 16.6 Å². The first-order chi connectivity index (χ1) is 17.8. The number of rotatable bonds is 7. The Labute approximate surface area is 229 Å². The minimum absolute atomic E-state index is 0.0628. The quantitative estimate of drug-likeness (QED) is 0.448. The summed E-state index contributed by atoms with van der Waals surface area (Å²) in [6.45, 7) is 11.2. The second kappa shape index (κ2) is 11.1. The van der Waals surface area contributed by atoms with Gasteiger partial charge in [-0.15, -0.1) is 0 Å². The van der Waals surface area contributed by atoms with Crippen LogP contribution in [0.1, 0.15) is 26.3 Å². The van der Waals surface area contributed by atoms with Gasteiger partial charge in [0.2, 0.25) is 0 Å². The van der Waals surface area contributed by atoms with Crippen LogP contribution in [0.15, 0.2) is 53.7 Å². The maximum absolute atomic E-state index is 15.2. The normalized spacial score (nSPS) is 15.4. The Balaban J connectivity index is 1.50.